The van der Waals surface area contributed by atoms with Gasteiger partial charge in [-0.05, 0) is 37.8 Å². The molecule has 1 saturated carbocycles. The highest BCUT2D eigenvalue weighted by Gasteiger charge is 2.47. The van der Waals surface area contributed by atoms with Crippen LogP contribution in [-0.4, -0.2) is 29.5 Å². The summed E-state index contributed by atoms with van der Waals surface area (Å²) in [6.07, 6.45) is 7.18. The third-order valence-corrected chi connectivity index (χ3v) is 4.06. The molecule has 0 atom stereocenters. The fraction of sp³-hybridized carbons (Fsp3) is 0.500. The van der Waals surface area contributed by atoms with Crippen LogP contribution in [0.3, 0.4) is 0 Å². The van der Waals surface area contributed by atoms with Gasteiger partial charge in [0.25, 0.3) is 0 Å². The average molecular weight is 260 g/mol. The molecule has 1 spiro atoms. The summed E-state index contributed by atoms with van der Waals surface area (Å²) >= 11 is 0. The van der Waals surface area contributed by atoms with Crippen molar-refractivity contribution in [1.82, 2.24) is 4.98 Å². The van der Waals surface area contributed by atoms with Crippen molar-refractivity contribution in [3.63, 3.8) is 0 Å². The Balaban J connectivity index is 1.75. The molecule has 2 fully saturated rings. The van der Waals surface area contributed by atoms with Gasteiger partial charge in [-0.25, -0.2) is 4.79 Å². The summed E-state index contributed by atoms with van der Waals surface area (Å²) in [6, 6.07) is 3.65. The summed E-state index contributed by atoms with van der Waals surface area (Å²) in [4.78, 5) is 28.5. The lowest BCUT2D eigenvalue weighted by Crippen LogP contribution is -2.38. The van der Waals surface area contributed by atoms with Gasteiger partial charge < -0.3 is 9.53 Å². The van der Waals surface area contributed by atoms with E-state index in [2.05, 4.69) is 4.98 Å². The number of carbonyl (C=O) groups is 2. The topological polar surface area (TPSA) is 59.5 Å². The van der Waals surface area contributed by atoms with Crippen LogP contribution in [0.4, 0.5) is 10.5 Å². The number of anilines is 1. The maximum Gasteiger partial charge on any atom is 0.415 e. The van der Waals surface area contributed by atoms with Crippen LogP contribution in [0.1, 0.15) is 25.7 Å². The molecule has 100 valence electrons. The van der Waals surface area contributed by atoms with Crippen LogP contribution < -0.4 is 4.90 Å². The first-order valence-electron chi connectivity index (χ1n) is 6.58. The Morgan fingerprint density at radius 3 is 2.84 bits per heavy atom. The van der Waals surface area contributed by atoms with Gasteiger partial charge in [0.15, 0.2) is 0 Å². The van der Waals surface area contributed by atoms with Crippen molar-refractivity contribution in [3.05, 3.63) is 24.5 Å². The Kier molecular flexibility index (Phi) is 2.97. The number of hydrogen-bond donors (Lipinski definition) is 0. The van der Waals surface area contributed by atoms with E-state index in [1.54, 1.807) is 23.4 Å². The van der Waals surface area contributed by atoms with Crippen LogP contribution in [0.5, 0.6) is 0 Å². The van der Waals surface area contributed by atoms with E-state index in [1.165, 1.54) is 0 Å². The molecule has 1 amide bonds. The zero-order chi connectivity index (χ0) is 13.3. The molecule has 0 radical (unpaired) electrons. The van der Waals surface area contributed by atoms with Gasteiger partial charge in [0, 0.05) is 12.1 Å². The molecular formula is C14H16N2O3. The Bertz CT molecular complexity index is 481. The smallest absolute Gasteiger partial charge is 0.415 e. The van der Waals surface area contributed by atoms with Gasteiger partial charge in [-0.3, -0.25) is 9.88 Å². The molecule has 1 aliphatic heterocycles. The van der Waals surface area contributed by atoms with Gasteiger partial charge in [-0.15, -0.1) is 0 Å². The van der Waals surface area contributed by atoms with E-state index in [1.807, 2.05) is 6.07 Å². The standard InChI is InChI=1S/C14H16N2O3/c17-9-11-3-5-14(6-4-11)10-16(13(18)19-14)12-2-1-7-15-8-12/h1-2,7-9,11H,3-6,10H2/t11-,14+. The number of rotatable bonds is 2. The van der Waals surface area contributed by atoms with E-state index in [-0.39, 0.29) is 12.0 Å². The predicted molar refractivity (Wildman–Crippen MR) is 68.8 cm³/mol. The lowest BCUT2D eigenvalue weighted by atomic mass is 9.79. The summed E-state index contributed by atoms with van der Waals surface area (Å²) in [7, 11) is 0. The van der Waals surface area contributed by atoms with Gasteiger partial charge in [0.1, 0.15) is 11.9 Å². The molecule has 1 aromatic rings. The van der Waals surface area contributed by atoms with Crippen LogP contribution in [0, 0.1) is 5.92 Å². The van der Waals surface area contributed by atoms with Crippen LogP contribution in [0.25, 0.3) is 0 Å². The Morgan fingerprint density at radius 1 is 1.42 bits per heavy atom. The molecule has 1 aromatic heterocycles. The summed E-state index contributed by atoms with van der Waals surface area (Å²) in [5.41, 5.74) is 0.355. The first kappa shape index (κ1) is 12.1. The van der Waals surface area contributed by atoms with Crippen LogP contribution >= 0.6 is 0 Å². The second-order valence-corrected chi connectivity index (χ2v) is 5.32. The fourth-order valence-corrected chi connectivity index (χ4v) is 2.90. The fourth-order valence-electron chi connectivity index (χ4n) is 2.90. The highest BCUT2D eigenvalue weighted by atomic mass is 16.6. The summed E-state index contributed by atoms with van der Waals surface area (Å²) in [6.45, 7) is 0.559. The van der Waals surface area contributed by atoms with Crippen molar-refractivity contribution in [1.29, 1.82) is 0 Å². The molecule has 0 unspecified atom stereocenters. The van der Waals surface area contributed by atoms with E-state index in [0.29, 0.717) is 6.54 Å². The minimum absolute atomic E-state index is 0.122. The molecule has 5 nitrogen and oxygen atoms in total. The summed E-state index contributed by atoms with van der Waals surface area (Å²) in [5, 5.41) is 0. The maximum atomic E-state index is 12.0. The van der Waals surface area contributed by atoms with Gasteiger partial charge >= 0.3 is 6.09 Å². The minimum Gasteiger partial charge on any atom is -0.441 e. The number of ether oxygens (including phenoxy) is 1. The molecule has 0 aromatic carbocycles. The number of amides is 1. The van der Waals surface area contributed by atoms with E-state index in [0.717, 1.165) is 37.7 Å². The highest BCUT2D eigenvalue weighted by molar-refractivity contribution is 5.90. The van der Waals surface area contributed by atoms with E-state index in [9.17, 15) is 9.59 Å². The number of pyridine rings is 1. The summed E-state index contributed by atoms with van der Waals surface area (Å²) < 4.78 is 5.59. The molecule has 1 aliphatic carbocycles. The van der Waals surface area contributed by atoms with E-state index < -0.39 is 5.60 Å². The van der Waals surface area contributed by atoms with Gasteiger partial charge in [-0.1, -0.05) is 0 Å². The van der Waals surface area contributed by atoms with Crippen molar-refractivity contribution in [2.45, 2.75) is 31.3 Å². The summed E-state index contributed by atoms with van der Waals surface area (Å²) in [5.74, 6) is 0.122. The van der Waals surface area contributed by atoms with Crippen molar-refractivity contribution < 1.29 is 14.3 Å². The molecule has 19 heavy (non-hydrogen) atoms. The molecule has 2 aliphatic rings. The van der Waals surface area contributed by atoms with Gasteiger partial charge in [0.2, 0.25) is 0 Å². The minimum atomic E-state index is -0.410. The molecule has 0 bridgehead atoms. The third-order valence-electron chi connectivity index (χ3n) is 4.06. The normalized spacial score (nSPS) is 30.4. The van der Waals surface area contributed by atoms with Crippen molar-refractivity contribution in [2.24, 2.45) is 5.92 Å². The van der Waals surface area contributed by atoms with Crippen molar-refractivity contribution in [2.75, 3.05) is 11.4 Å². The highest BCUT2D eigenvalue weighted by Crippen LogP contribution is 2.40. The van der Waals surface area contributed by atoms with E-state index in [4.69, 9.17) is 4.74 Å². The van der Waals surface area contributed by atoms with Crippen LogP contribution in [0.15, 0.2) is 24.5 Å². The predicted octanol–water partition coefficient (Wildman–Crippen LogP) is 2.17. The molecular weight excluding hydrogens is 244 g/mol. The Morgan fingerprint density at radius 2 is 2.21 bits per heavy atom. The second kappa shape index (κ2) is 4.64. The van der Waals surface area contributed by atoms with Crippen LogP contribution in [-0.2, 0) is 9.53 Å². The largest absolute Gasteiger partial charge is 0.441 e. The zero-order valence-electron chi connectivity index (χ0n) is 10.6. The van der Waals surface area contributed by atoms with Gasteiger partial charge in [0.05, 0.1) is 18.4 Å². The maximum absolute atomic E-state index is 12.0. The van der Waals surface area contributed by atoms with Crippen molar-refractivity contribution in [3.8, 4) is 0 Å². The SMILES string of the molecule is O=C[C@H]1CC[C@@]2(CC1)CN(c1cccnc1)C(=O)O2. The number of aromatic nitrogens is 1. The second-order valence-electron chi connectivity index (χ2n) is 5.32. The lowest BCUT2D eigenvalue weighted by Gasteiger charge is -2.33. The van der Waals surface area contributed by atoms with Crippen LogP contribution in [0.2, 0.25) is 0 Å². The first-order chi connectivity index (χ1) is 9.22. The number of hydrogen-bond acceptors (Lipinski definition) is 4. The molecule has 3 rings (SSSR count). The first-order valence-corrected chi connectivity index (χ1v) is 6.58. The zero-order valence-corrected chi connectivity index (χ0v) is 10.6. The lowest BCUT2D eigenvalue weighted by molar-refractivity contribution is -0.113. The third kappa shape index (κ3) is 2.20. The quantitative estimate of drug-likeness (QED) is 0.765. The Labute approximate surface area is 111 Å². The number of nitrogens with zero attached hydrogens (tertiary/aromatic N) is 2. The molecule has 2 heterocycles. The Hall–Kier alpha value is -1.91. The molecule has 5 heteroatoms. The average Bonchev–Trinajstić information content (AvgIpc) is 2.77. The molecule has 0 N–H and O–H groups in total. The van der Waals surface area contributed by atoms with Crippen molar-refractivity contribution >= 4 is 18.1 Å². The van der Waals surface area contributed by atoms with Gasteiger partial charge in [-0.2, -0.15) is 0 Å². The van der Waals surface area contributed by atoms with E-state index >= 15 is 0 Å². The molecule has 1 saturated heterocycles. The number of carbonyl (C=O) groups excluding carboxylic acids is 2. The number of aldehydes is 1. The monoisotopic (exact) mass is 260 g/mol.